The second-order valence-electron chi connectivity index (χ2n) is 9.71. The normalized spacial score (nSPS) is 32.1. The van der Waals surface area contributed by atoms with Crippen LogP contribution in [-0.4, -0.2) is 36.1 Å². The fraction of sp³-hybridized carbons (Fsp3) is 0.714. The van der Waals surface area contributed by atoms with E-state index in [9.17, 15) is 14.4 Å². The first-order valence-electron chi connectivity index (χ1n) is 10.7. The van der Waals surface area contributed by atoms with Crippen molar-refractivity contribution in [2.75, 3.05) is 6.61 Å². The molecule has 2 aromatic heterocycles. The predicted molar refractivity (Wildman–Crippen MR) is 111 cm³/mol. The number of aromatic nitrogens is 4. The number of imidazole rings is 1. The molecule has 9 heteroatoms. The van der Waals surface area contributed by atoms with Gasteiger partial charge in [0.25, 0.3) is 5.56 Å². The van der Waals surface area contributed by atoms with Gasteiger partial charge in [-0.25, -0.2) is 9.78 Å². The van der Waals surface area contributed by atoms with Crippen LogP contribution in [0, 0.1) is 17.3 Å². The van der Waals surface area contributed by atoms with Crippen molar-refractivity contribution in [2.24, 2.45) is 31.3 Å². The van der Waals surface area contributed by atoms with Crippen molar-refractivity contribution in [3.05, 3.63) is 27.2 Å². The molecule has 0 saturated heterocycles. The summed E-state index contributed by atoms with van der Waals surface area (Å²) in [6.07, 6.45) is 7.62. The van der Waals surface area contributed by atoms with E-state index in [0.717, 1.165) is 25.7 Å². The molecular weight excluding hydrogens is 408 g/mol. The molecule has 0 unspecified atom stereocenters. The van der Waals surface area contributed by atoms with Crippen molar-refractivity contribution in [2.45, 2.75) is 56.4 Å². The molecule has 6 rings (SSSR count). The molecule has 0 radical (unpaired) electrons. The van der Waals surface area contributed by atoms with Gasteiger partial charge in [0.15, 0.2) is 11.2 Å². The van der Waals surface area contributed by atoms with Gasteiger partial charge in [-0.15, -0.1) is 11.6 Å². The number of hydrogen-bond acceptors (Lipinski definition) is 5. The molecule has 2 heterocycles. The second kappa shape index (κ2) is 6.70. The highest BCUT2D eigenvalue weighted by atomic mass is 35.5. The highest BCUT2D eigenvalue weighted by Gasteiger charge is 2.60. The lowest BCUT2D eigenvalue weighted by molar-refractivity contribution is -0.170. The summed E-state index contributed by atoms with van der Waals surface area (Å²) in [5.74, 6) is 0.913. The van der Waals surface area contributed by atoms with Crippen molar-refractivity contribution in [3.8, 4) is 0 Å². The molecule has 2 atom stereocenters. The topological polar surface area (TPSA) is 88.1 Å². The number of esters is 1. The number of ether oxygens (including phenoxy) is 1. The number of rotatable bonds is 5. The first kappa shape index (κ1) is 19.8. The van der Waals surface area contributed by atoms with Gasteiger partial charge >= 0.3 is 11.7 Å². The molecule has 0 N–H and O–H groups in total. The van der Waals surface area contributed by atoms with Gasteiger partial charge in [0.2, 0.25) is 0 Å². The first-order chi connectivity index (χ1) is 14.2. The van der Waals surface area contributed by atoms with Crippen LogP contribution in [0.25, 0.3) is 11.2 Å². The maximum atomic E-state index is 13.0. The maximum absolute atomic E-state index is 13.0. The Kier molecular flexibility index (Phi) is 4.44. The van der Waals surface area contributed by atoms with Crippen LogP contribution in [0.3, 0.4) is 0 Å². The number of carbonyl (C=O) groups excluding carboxylic acids is 1. The lowest BCUT2D eigenvalue weighted by atomic mass is 9.49. The summed E-state index contributed by atoms with van der Waals surface area (Å²) in [4.78, 5) is 42.2. The summed E-state index contributed by atoms with van der Waals surface area (Å²) in [5.41, 5.74) is -0.471. The molecule has 2 aromatic rings. The molecule has 0 aliphatic heterocycles. The van der Waals surface area contributed by atoms with E-state index in [1.165, 1.54) is 21.9 Å². The minimum Gasteiger partial charge on any atom is -0.465 e. The molecule has 4 bridgehead atoms. The van der Waals surface area contributed by atoms with Crippen LogP contribution in [0.2, 0.25) is 0 Å². The summed E-state index contributed by atoms with van der Waals surface area (Å²) in [6.45, 7) is 0.377. The number of alkyl halides is 1. The highest BCUT2D eigenvalue weighted by Crippen LogP contribution is 2.64. The smallest absolute Gasteiger partial charge is 0.332 e. The Labute approximate surface area is 178 Å². The van der Waals surface area contributed by atoms with Gasteiger partial charge in [-0.1, -0.05) is 0 Å². The van der Waals surface area contributed by atoms with Crippen molar-refractivity contribution in [1.29, 1.82) is 0 Å². The quantitative estimate of drug-likeness (QED) is 0.407. The number of hydrogen-bond donors (Lipinski definition) is 0. The van der Waals surface area contributed by atoms with Crippen molar-refractivity contribution < 1.29 is 9.53 Å². The fourth-order valence-corrected chi connectivity index (χ4v) is 7.22. The van der Waals surface area contributed by atoms with Crippen molar-refractivity contribution in [3.63, 3.8) is 0 Å². The molecule has 4 saturated carbocycles. The Morgan fingerprint density at radius 2 is 1.93 bits per heavy atom. The van der Waals surface area contributed by atoms with Crippen LogP contribution in [0.4, 0.5) is 0 Å². The molecule has 162 valence electrons. The third-order valence-electron chi connectivity index (χ3n) is 7.38. The minimum absolute atomic E-state index is 0.149. The highest BCUT2D eigenvalue weighted by molar-refractivity contribution is 6.24. The lowest BCUT2D eigenvalue weighted by Gasteiger charge is -2.58. The molecule has 4 aliphatic carbocycles. The first-order valence-corrected chi connectivity index (χ1v) is 11.1. The number of halogens is 1. The van der Waals surface area contributed by atoms with Gasteiger partial charge in [0.05, 0.1) is 18.3 Å². The zero-order valence-corrected chi connectivity index (χ0v) is 18.2. The lowest BCUT2D eigenvalue weighted by Crippen LogP contribution is -2.56. The summed E-state index contributed by atoms with van der Waals surface area (Å²) < 4.78 is 9.84. The van der Waals surface area contributed by atoms with Crippen LogP contribution in [0.5, 0.6) is 0 Å². The monoisotopic (exact) mass is 434 g/mol. The van der Waals surface area contributed by atoms with Gasteiger partial charge in [-0.05, 0) is 56.8 Å². The summed E-state index contributed by atoms with van der Waals surface area (Å²) in [5, 5.41) is 0. The van der Waals surface area contributed by atoms with E-state index in [-0.39, 0.29) is 29.6 Å². The molecule has 30 heavy (non-hydrogen) atoms. The van der Waals surface area contributed by atoms with Crippen LogP contribution in [0.15, 0.2) is 15.9 Å². The van der Waals surface area contributed by atoms with Crippen LogP contribution in [0.1, 0.15) is 44.9 Å². The maximum Gasteiger partial charge on any atom is 0.332 e. The van der Waals surface area contributed by atoms with Crippen molar-refractivity contribution in [1.82, 2.24) is 18.7 Å². The zero-order valence-electron chi connectivity index (χ0n) is 17.4. The van der Waals surface area contributed by atoms with E-state index in [2.05, 4.69) is 4.98 Å². The molecular formula is C21H27ClN4O4. The van der Waals surface area contributed by atoms with Gasteiger partial charge in [0.1, 0.15) is 0 Å². The SMILES string of the molecule is Cn1cnc2c1c(=O)n(CCCOC(=O)C13C[C@H]4C[C@@H](CC(Cl)(C4)C1)C3)c(=O)n2C. The Morgan fingerprint density at radius 1 is 1.23 bits per heavy atom. The Bertz CT molecular complexity index is 1130. The van der Waals surface area contributed by atoms with E-state index in [0.29, 0.717) is 35.8 Å². The van der Waals surface area contributed by atoms with Gasteiger partial charge in [-0.2, -0.15) is 0 Å². The van der Waals surface area contributed by atoms with Crippen LogP contribution >= 0.6 is 11.6 Å². The molecule has 0 amide bonds. The molecule has 0 aromatic carbocycles. The standard InChI is InChI=1S/C21H27ClN4O4/c1-24-12-23-16-15(24)17(27)26(19(29)25(16)2)4-3-5-30-18(28)20-7-13-6-14(8-20)10-21(22,9-13)11-20/h12-14H,3-11H2,1-2H3/t13-,14-,20?,21?/m1/s1. The minimum atomic E-state index is -0.438. The van der Waals surface area contributed by atoms with E-state index < -0.39 is 11.1 Å². The van der Waals surface area contributed by atoms with Gasteiger partial charge in [-0.3, -0.25) is 18.7 Å². The summed E-state index contributed by atoms with van der Waals surface area (Å²) in [7, 11) is 3.32. The average molecular weight is 435 g/mol. The van der Waals surface area contributed by atoms with Crippen LogP contribution in [-0.2, 0) is 30.2 Å². The second-order valence-corrected chi connectivity index (χ2v) is 10.5. The molecule has 8 nitrogen and oxygen atoms in total. The van der Waals surface area contributed by atoms with Crippen molar-refractivity contribution >= 4 is 28.7 Å². The fourth-order valence-electron chi connectivity index (χ4n) is 6.52. The van der Waals surface area contributed by atoms with E-state index in [1.807, 2.05) is 0 Å². The number of fused-ring (bicyclic) bond motifs is 1. The number of carbonyl (C=O) groups is 1. The third kappa shape index (κ3) is 2.94. The largest absolute Gasteiger partial charge is 0.465 e. The number of nitrogens with zero attached hydrogens (tertiary/aromatic N) is 4. The third-order valence-corrected chi connectivity index (χ3v) is 7.83. The summed E-state index contributed by atoms with van der Waals surface area (Å²) in [6, 6.07) is 0. The Hall–Kier alpha value is -2.09. The van der Waals surface area contributed by atoms with E-state index in [1.54, 1.807) is 18.7 Å². The molecule has 4 aliphatic rings. The van der Waals surface area contributed by atoms with E-state index in [4.69, 9.17) is 16.3 Å². The molecule has 4 fully saturated rings. The average Bonchev–Trinajstić information content (AvgIpc) is 3.05. The zero-order chi connectivity index (χ0) is 21.3. The Balaban J connectivity index is 1.26. The van der Waals surface area contributed by atoms with Gasteiger partial charge in [0, 0.05) is 25.5 Å². The van der Waals surface area contributed by atoms with Gasteiger partial charge < -0.3 is 9.30 Å². The van der Waals surface area contributed by atoms with Crippen LogP contribution < -0.4 is 11.2 Å². The van der Waals surface area contributed by atoms with E-state index >= 15 is 0 Å². The predicted octanol–water partition coefficient (Wildman–Crippen LogP) is 1.94. The molecule has 0 spiro atoms. The number of aryl methyl sites for hydroxylation is 2. The Morgan fingerprint density at radius 3 is 2.60 bits per heavy atom. The summed E-state index contributed by atoms with van der Waals surface area (Å²) >= 11 is 6.82.